The highest BCUT2D eigenvalue weighted by Crippen LogP contribution is 2.35. The average Bonchev–Trinajstić information content (AvgIpc) is 2.96. The maximum absolute atomic E-state index is 11.3. The molecule has 0 aliphatic rings. The topological polar surface area (TPSA) is 99.5 Å². The van der Waals surface area contributed by atoms with Gasteiger partial charge in [0.15, 0.2) is 5.13 Å². The van der Waals surface area contributed by atoms with Crippen molar-refractivity contribution in [2.45, 2.75) is 20.3 Å². The van der Waals surface area contributed by atoms with E-state index < -0.39 is 11.9 Å². The number of rotatable bonds is 6. The first-order valence-electron chi connectivity index (χ1n) is 8.23. The zero-order valence-corrected chi connectivity index (χ0v) is 15.6. The molecule has 2 aromatic carbocycles. The molecular formula is C20H18N2O4S. The number of hydrogen-bond acceptors (Lipinski definition) is 5. The maximum atomic E-state index is 11.3. The van der Waals surface area contributed by atoms with Gasteiger partial charge in [-0.05, 0) is 43.7 Å². The number of nitrogens with zero attached hydrogens (tertiary/aromatic N) is 1. The summed E-state index contributed by atoms with van der Waals surface area (Å²) in [6.07, 6.45) is -0.111. The van der Waals surface area contributed by atoms with Crippen molar-refractivity contribution in [2.75, 3.05) is 5.32 Å². The van der Waals surface area contributed by atoms with Crippen LogP contribution in [0.1, 0.15) is 26.4 Å². The van der Waals surface area contributed by atoms with Crippen LogP contribution in [-0.4, -0.2) is 27.1 Å². The van der Waals surface area contributed by atoms with Gasteiger partial charge in [0.1, 0.15) is 0 Å². The van der Waals surface area contributed by atoms with Crippen molar-refractivity contribution in [1.29, 1.82) is 0 Å². The standard InChI is InChI=1S/C20H18N2O4S/c1-11-3-8-15(12(2)9-11)18-16(10-17(23)24)27-20(22-18)21-14-6-4-13(5-7-14)19(25)26/h3-9H,10H2,1-2H3,(H,21,22)(H,23,24)(H,25,26). The van der Waals surface area contributed by atoms with Crippen molar-refractivity contribution in [1.82, 2.24) is 4.98 Å². The summed E-state index contributed by atoms with van der Waals surface area (Å²) in [6.45, 7) is 3.98. The number of carbonyl (C=O) groups is 2. The van der Waals surface area contributed by atoms with E-state index in [4.69, 9.17) is 5.11 Å². The first-order valence-corrected chi connectivity index (χ1v) is 9.04. The predicted octanol–water partition coefficient (Wildman–Crippen LogP) is 4.50. The lowest BCUT2D eigenvalue weighted by Gasteiger charge is -2.06. The Balaban J connectivity index is 1.96. The molecule has 0 unspecified atom stereocenters. The summed E-state index contributed by atoms with van der Waals surface area (Å²) in [5.74, 6) is -1.90. The van der Waals surface area contributed by atoms with Crippen molar-refractivity contribution < 1.29 is 19.8 Å². The number of aryl methyl sites for hydroxylation is 2. The van der Waals surface area contributed by atoms with Gasteiger partial charge in [0.05, 0.1) is 17.7 Å². The van der Waals surface area contributed by atoms with Crippen LogP contribution >= 0.6 is 11.3 Å². The molecule has 0 spiro atoms. The smallest absolute Gasteiger partial charge is 0.335 e. The van der Waals surface area contributed by atoms with E-state index in [1.54, 1.807) is 12.1 Å². The summed E-state index contributed by atoms with van der Waals surface area (Å²) < 4.78 is 0. The Kier molecular flexibility index (Phi) is 5.23. The van der Waals surface area contributed by atoms with E-state index in [1.165, 1.54) is 23.5 Å². The third-order valence-electron chi connectivity index (χ3n) is 4.03. The molecule has 0 bridgehead atoms. The molecule has 3 rings (SSSR count). The molecule has 0 radical (unpaired) electrons. The maximum Gasteiger partial charge on any atom is 0.335 e. The molecule has 0 aliphatic heterocycles. The highest BCUT2D eigenvalue weighted by Gasteiger charge is 2.17. The van der Waals surface area contributed by atoms with Crippen LogP contribution in [0.4, 0.5) is 10.8 Å². The average molecular weight is 382 g/mol. The molecule has 3 aromatic rings. The fourth-order valence-electron chi connectivity index (χ4n) is 2.77. The Hall–Kier alpha value is -3.19. The van der Waals surface area contributed by atoms with Gasteiger partial charge in [0, 0.05) is 16.1 Å². The predicted molar refractivity (Wildman–Crippen MR) is 105 cm³/mol. The Morgan fingerprint density at radius 2 is 1.78 bits per heavy atom. The highest BCUT2D eigenvalue weighted by atomic mass is 32.1. The summed E-state index contributed by atoms with van der Waals surface area (Å²) in [5, 5.41) is 21.9. The van der Waals surface area contributed by atoms with Crippen LogP contribution in [0.5, 0.6) is 0 Å². The van der Waals surface area contributed by atoms with Crippen LogP contribution in [0.2, 0.25) is 0 Å². The molecule has 0 fully saturated rings. The van der Waals surface area contributed by atoms with Crippen molar-refractivity contribution in [3.8, 4) is 11.3 Å². The summed E-state index contributed by atoms with van der Waals surface area (Å²) >= 11 is 1.28. The normalized spacial score (nSPS) is 10.6. The van der Waals surface area contributed by atoms with E-state index in [2.05, 4.69) is 10.3 Å². The molecule has 138 valence electrons. The first kappa shape index (κ1) is 18.6. The summed E-state index contributed by atoms with van der Waals surface area (Å²) in [4.78, 5) is 27.5. The number of aromatic nitrogens is 1. The molecule has 1 aromatic heterocycles. The SMILES string of the molecule is Cc1ccc(-c2nc(Nc3ccc(C(=O)O)cc3)sc2CC(=O)O)c(C)c1. The number of nitrogens with one attached hydrogen (secondary N) is 1. The zero-order chi connectivity index (χ0) is 19.6. The minimum atomic E-state index is -0.989. The van der Waals surface area contributed by atoms with Crippen LogP contribution in [0, 0.1) is 13.8 Å². The third-order valence-corrected chi connectivity index (χ3v) is 5.00. The van der Waals surface area contributed by atoms with Crippen molar-refractivity contribution in [3.63, 3.8) is 0 Å². The van der Waals surface area contributed by atoms with E-state index in [0.717, 1.165) is 16.7 Å². The Labute approximate surface area is 160 Å². The number of aliphatic carboxylic acids is 1. The van der Waals surface area contributed by atoms with E-state index in [0.29, 0.717) is 21.4 Å². The molecule has 27 heavy (non-hydrogen) atoms. The van der Waals surface area contributed by atoms with Gasteiger partial charge in [0.25, 0.3) is 0 Å². The third kappa shape index (κ3) is 4.32. The first-order chi connectivity index (χ1) is 12.8. The molecule has 0 atom stereocenters. The fourth-order valence-corrected chi connectivity index (χ4v) is 3.76. The van der Waals surface area contributed by atoms with Crippen LogP contribution < -0.4 is 5.32 Å². The molecule has 1 heterocycles. The molecule has 6 nitrogen and oxygen atoms in total. The summed E-state index contributed by atoms with van der Waals surface area (Å²) in [7, 11) is 0. The second kappa shape index (κ2) is 7.59. The van der Waals surface area contributed by atoms with E-state index in [-0.39, 0.29) is 12.0 Å². The summed E-state index contributed by atoms with van der Waals surface area (Å²) in [6, 6.07) is 12.3. The number of benzene rings is 2. The quantitative estimate of drug-likeness (QED) is 0.581. The van der Waals surface area contributed by atoms with Crippen molar-refractivity contribution in [2.24, 2.45) is 0 Å². The lowest BCUT2D eigenvalue weighted by Crippen LogP contribution is -2.00. The Morgan fingerprint density at radius 3 is 2.37 bits per heavy atom. The highest BCUT2D eigenvalue weighted by molar-refractivity contribution is 7.16. The number of thiazole rings is 1. The minimum Gasteiger partial charge on any atom is -0.481 e. The fraction of sp³-hybridized carbons (Fsp3) is 0.150. The Morgan fingerprint density at radius 1 is 1.07 bits per heavy atom. The number of aromatic carboxylic acids is 1. The van der Waals surface area contributed by atoms with Gasteiger partial charge in [-0.15, -0.1) is 11.3 Å². The van der Waals surface area contributed by atoms with Gasteiger partial charge >= 0.3 is 11.9 Å². The van der Waals surface area contributed by atoms with E-state index in [1.807, 2.05) is 32.0 Å². The molecule has 0 aliphatic carbocycles. The largest absolute Gasteiger partial charge is 0.481 e. The molecule has 7 heteroatoms. The van der Waals surface area contributed by atoms with Gasteiger partial charge in [-0.25, -0.2) is 9.78 Å². The number of hydrogen-bond donors (Lipinski definition) is 3. The Bertz CT molecular complexity index is 1010. The minimum absolute atomic E-state index is 0.111. The van der Waals surface area contributed by atoms with Gasteiger partial charge in [-0.3, -0.25) is 4.79 Å². The van der Waals surface area contributed by atoms with Crippen LogP contribution in [-0.2, 0) is 11.2 Å². The number of anilines is 2. The lowest BCUT2D eigenvalue weighted by molar-refractivity contribution is -0.136. The molecule has 0 amide bonds. The lowest BCUT2D eigenvalue weighted by atomic mass is 10.0. The molecule has 3 N–H and O–H groups in total. The van der Waals surface area contributed by atoms with E-state index >= 15 is 0 Å². The molecule has 0 saturated heterocycles. The second-order valence-corrected chi connectivity index (χ2v) is 7.27. The van der Waals surface area contributed by atoms with Crippen LogP contribution in [0.3, 0.4) is 0 Å². The van der Waals surface area contributed by atoms with Crippen molar-refractivity contribution >= 4 is 34.1 Å². The molecular weight excluding hydrogens is 364 g/mol. The van der Waals surface area contributed by atoms with Gasteiger partial charge in [0.2, 0.25) is 0 Å². The summed E-state index contributed by atoms with van der Waals surface area (Å²) in [5.41, 5.74) is 4.60. The van der Waals surface area contributed by atoms with E-state index in [9.17, 15) is 14.7 Å². The van der Waals surface area contributed by atoms with Gasteiger partial charge < -0.3 is 15.5 Å². The molecule has 0 saturated carbocycles. The van der Waals surface area contributed by atoms with Gasteiger partial charge in [-0.1, -0.05) is 23.8 Å². The monoisotopic (exact) mass is 382 g/mol. The number of carboxylic acids is 2. The van der Waals surface area contributed by atoms with Crippen LogP contribution in [0.15, 0.2) is 42.5 Å². The van der Waals surface area contributed by atoms with Gasteiger partial charge in [-0.2, -0.15) is 0 Å². The van der Waals surface area contributed by atoms with Crippen molar-refractivity contribution in [3.05, 3.63) is 64.0 Å². The van der Waals surface area contributed by atoms with Crippen LogP contribution in [0.25, 0.3) is 11.3 Å². The zero-order valence-electron chi connectivity index (χ0n) is 14.8. The second-order valence-electron chi connectivity index (χ2n) is 6.19. The number of carboxylic acid groups (broad SMARTS) is 2.